The van der Waals surface area contributed by atoms with Gasteiger partial charge >= 0.3 is 5.97 Å². The number of carbonyl (C=O) groups excluding carboxylic acids is 2. The van der Waals surface area contributed by atoms with Gasteiger partial charge in [0.2, 0.25) is 0 Å². The van der Waals surface area contributed by atoms with Crippen molar-refractivity contribution in [3.8, 4) is 11.9 Å². The second-order valence-corrected chi connectivity index (χ2v) is 9.77. The molecule has 0 radical (unpaired) electrons. The van der Waals surface area contributed by atoms with E-state index in [9.17, 15) is 14.9 Å². The molecule has 3 aromatic heterocycles. The first-order valence-corrected chi connectivity index (χ1v) is 12.2. The van der Waals surface area contributed by atoms with Crippen LogP contribution in [0.5, 0.6) is 0 Å². The standard InChI is InChI=1S/C24H24ClN5O3S/c1-13-11-14(2)30(29-13)20-10-9-18(25)21(27-20)24(32)33-15(3)22(31)28-23-17(12-26)16-7-5-4-6-8-19(16)34-23/h9-11,15H,4-8H2,1-3H3,(H,28,31). The summed E-state index contributed by atoms with van der Waals surface area (Å²) in [7, 11) is 0. The van der Waals surface area contributed by atoms with E-state index < -0.39 is 18.0 Å². The SMILES string of the molecule is Cc1cc(C)n(-c2ccc(Cl)c(C(=O)OC(C)C(=O)Nc3sc4c(c3C#N)CCCCC4)n2)n1. The number of nitrogens with zero attached hydrogens (tertiary/aromatic N) is 4. The number of nitriles is 1. The molecule has 0 saturated carbocycles. The van der Waals surface area contributed by atoms with Crippen LogP contribution in [0.3, 0.4) is 0 Å². The van der Waals surface area contributed by atoms with E-state index in [1.54, 1.807) is 16.8 Å². The number of anilines is 1. The Balaban J connectivity index is 1.49. The van der Waals surface area contributed by atoms with Crippen molar-refractivity contribution in [1.29, 1.82) is 5.26 Å². The minimum absolute atomic E-state index is 0.105. The molecule has 0 fully saturated rings. The van der Waals surface area contributed by atoms with E-state index in [0.29, 0.717) is 16.4 Å². The molecule has 8 nitrogen and oxygen atoms in total. The minimum atomic E-state index is -1.11. The molecule has 176 valence electrons. The fourth-order valence-corrected chi connectivity index (χ4v) is 5.41. The third-order valence-electron chi connectivity index (χ3n) is 5.67. The molecule has 1 amide bonds. The molecule has 3 heterocycles. The Kier molecular flexibility index (Phi) is 7.00. The van der Waals surface area contributed by atoms with Crippen LogP contribution in [-0.4, -0.2) is 32.7 Å². The molecule has 34 heavy (non-hydrogen) atoms. The topological polar surface area (TPSA) is 110 Å². The lowest BCUT2D eigenvalue weighted by Crippen LogP contribution is -2.30. The number of fused-ring (bicyclic) bond motifs is 1. The minimum Gasteiger partial charge on any atom is -0.448 e. The maximum atomic E-state index is 12.8. The Morgan fingerprint density at radius 1 is 1.26 bits per heavy atom. The number of aromatic nitrogens is 3. The fourth-order valence-electron chi connectivity index (χ4n) is 3.99. The van der Waals surface area contributed by atoms with Crippen LogP contribution in [0.25, 0.3) is 5.82 Å². The second kappa shape index (κ2) is 9.95. The molecule has 0 saturated heterocycles. The Morgan fingerprint density at radius 2 is 2.03 bits per heavy atom. The van der Waals surface area contributed by atoms with Gasteiger partial charge in [0.05, 0.1) is 16.3 Å². The summed E-state index contributed by atoms with van der Waals surface area (Å²) < 4.78 is 6.97. The number of pyridine rings is 1. The zero-order chi connectivity index (χ0) is 24.4. The van der Waals surface area contributed by atoms with E-state index in [4.69, 9.17) is 16.3 Å². The summed E-state index contributed by atoms with van der Waals surface area (Å²) in [6, 6.07) is 7.31. The van der Waals surface area contributed by atoms with Crippen molar-refractivity contribution >= 4 is 39.8 Å². The number of halogens is 1. The first-order valence-electron chi connectivity index (χ1n) is 11.0. The van der Waals surface area contributed by atoms with E-state index in [2.05, 4.69) is 21.5 Å². The van der Waals surface area contributed by atoms with E-state index in [1.807, 2.05) is 19.9 Å². The van der Waals surface area contributed by atoms with Gasteiger partial charge in [-0.05, 0) is 70.2 Å². The lowest BCUT2D eigenvalue weighted by molar-refractivity contribution is -0.123. The molecule has 1 unspecified atom stereocenters. The van der Waals surface area contributed by atoms with Crippen LogP contribution in [-0.2, 0) is 22.4 Å². The summed E-state index contributed by atoms with van der Waals surface area (Å²) in [5, 5.41) is 17.4. The monoisotopic (exact) mass is 497 g/mol. The molecule has 1 aliphatic carbocycles. The Labute approximate surface area is 206 Å². The van der Waals surface area contributed by atoms with E-state index in [0.717, 1.165) is 53.9 Å². The van der Waals surface area contributed by atoms with Gasteiger partial charge in [0, 0.05) is 10.6 Å². The third-order valence-corrected chi connectivity index (χ3v) is 7.19. The average molecular weight is 498 g/mol. The lowest BCUT2D eigenvalue weighted by Gasteiger charge is -2.14. The van der Waals surface area contributed by atoms with Gasteiger partial charge in [0.25, 0.3) is 5.91 Å². The molecule has 3 aromatic rings. The maximum absolute atomic E-state index is 12.8. The zero-order valence-corrected chi connectivity index (χ0v) is 20.7. The summed E-state index contributed by atoms with van der Waals surface area (Å²) in [5.41, 5.74) is 3.10. The molecule has 1 atom stereocenters. The molecule has 1 N–H and O–H groups in total. The van der Waals surface area contributed by atoms with E-state index >= 15 is 0 Å². The maximum Gasteiger partial charge on any atom is 0.359 e. The summed E-state index contributed by atoms with van der Waals surface area (Å²) in [6.45, 7) is 5.20. The van der Waals surface area contributed by atoms with Crippen LogP contribution >= 0.6 is 22.9 Å². The van der Waals surface area contributed by atoms with Crippen molar-refractivity contribution in [1.82, 2.24) is 14.8 Å². The summed E-state index contributed by atoms with van der Waals surface area (Å²) in [5.74, 6) is -0.927. The van der Waals surface area contributed by atoms with Crippen LogP contribution in [0.15, 0.2) is 18.2 Å². The van der Waals surface area contributed by atoms with Gasteiger partial charge in [-0.2, -0.15) is 10.4 Å². The van der Waals surface area contributed by atoms with Crippen molar-refractivity contribution < 1.29 is 14.3 Å². The number of rotatable bonds is 5. The summed E-state index contributed by atoms with van der Waals surface area (Å²) in [6.07, 6.45) is 3.87. The van der Waals surface area contributed by atoms with Crippen LogP contribution in [0.1, 0.15) is 64.1 Å². The molecular formula is C24H24ClN5O3S. The molecule has 1 aliphatic rings. The van der Waals surface area contributed by atoms with Crippen LogP contribution in [0.2, 0.25) is 5.02 Å². The van der Waals surface area contributed by atoms with Crippen molar-refractivity contribution in [3.05, 3.63) is 56.3 Å². The van der Waals surface area contributed by atoms with Crippen molar-refractivity contribution in [2.75, 3.05) is 5.32 Å². The quantitative estimate of drug-likeness (QED) is 0.395. The highest BCUT2D eigenvalue weighted by atomic mass is 35.5. The van der Waals surface area contributed by atoms with E-state index in [1.165, 1.54) is 18.3 Å². The van der Waals surface area contributed by atoms with Gasteiger partial charge in [-0.1, -0.05) is 18.0 Å². The largest absolute Gasteiger partial charge is 0.448 e. The molecule has 0 spiro atoms. The molecule has 4 rings (SSSR count). The Hall–Kier alpha value is -3.22. The zero-order valence-electron chi connectivity index (χ0n) is 19.1. The number of hydrogen-bond donors (Lipinski definition) is 1. The van der Waals surface area contributed by atoms with Crippen LogP contribution < -0.4 is 5.32 Å². The van der Waals surface area contributed by atoms with Gasteiger partial charge < -0.3 is 10.1 Å². The first-order chi connectivity index (χ1) is 16.3. The summed E-state index contributed by atoms with van der Waals surface area (Å²) in [4.78, 5) is 31.0. The average Bonchev–Trinajstić information content (AvgIpc) is 3.21. The molecule has 10 heteroatoms. The normalized spacial score (nSPS) is 14.0. The molecule has 0 aliphatic heterocycles. The highest BCUT2D eigenvalue weighted by Crippen LogP contribution is 2.37. The smallest absolute Gasteiger partial charge is 0.359 e. The first kappa shape index (κ1) is 23.9. The Bertz CT molecular complexity index is 1310. The number of aryl methyl sites for hydroxylation is 3. The molecule has 0 aromatic carbocycles. The Morgan fingerprint density at radius 3 is 2.74 bits per heavy atom. The van der Waals surface area contributed by atoms with Crippen LogP contribution in [0.4, 0.5) is 5.00 Å². The highest BCUT2D eigenvalue weighted by molar-refractivity contribution is 7.16. The number of ether oxygens (including phenoxy) is 1. The number of esters is 1. The van der Waals surface area contributed by atoms with E-state index in [-0.39, 0.29) is 10.7 Å². The lowest BCUT2D eigenvalue weighted by atomic mass is 10.1. The molecular weight excluding hydrogens is 474 g/mol. The van der Waals surface area contributed by atoms with Crippen molar-refractivity contribution in [3.63, 3.8) is 0 Å². The predicted octanol–water partition coefficient (Wildman–Crippen LogP) is 4.92. The number of hydrogen-bond acceptors (Lipinski definition) is 7. The van der Waals surface area contributed by atoms with Crippen LogP contribution in [0, 0.1) is 25.2 Å². The number of thiophene rings is 1. The van der Waals surface area contributed by atoms with Crippen molar-refractivity contribution in [2.45, 2.75) is 59.0 Å². The summed E-state index contributed by atoms with van der Waals surface area (Å²) >= 11 is 7.63. The predicted molar refractivity (Wildman–Crippen MR) is 130 cm³/mol. The van der Waals surface area contributed by atoms with Gasteiger partial charge in [0.1, 0.15) is 11.1 Å². The third kappa shape index (κ3) is 4.83. The van der Waals surface area contributed by atoms with Gasteiger partial charge in [-0.3, -0.25) is 4.79 Å². The highest BCUT2D eigenvalue weighted by Gasteiger charge is 2.26. The number of carbonyl (C=O) groups is 2. The molecule has 0 bridgehead atoms. The van der Waals surface area contributed by atoms with Gasteiger partial charge in [-0.25, -0.2) is 14.5 Å². The van der Waals surface area contributed by atoms with Gasteiger partial charge in [0.15, 0.2) is 17.6 Å². The van der Waals surface area contributed by atoms with Gasteiger partial charge in [-0.15, -0.1) is 11.3 Å². The van der Waals surface area contributed by atoms with Crippen molar-refractivity contribution in [2.24, 2.45) is 0 Å². The second-order valence-electron chi connectivity index (χ2n) is 8.26. The number of nitrogens with one attached hydrogen (secondary N) is 1. The number of amides is 1. The fraction of sp³-hybridized carbons (Fsp3) is 0.375.